The van der Waals surface area contributed by atoms with Crippen molar-refractivity contribution in [1.82, 2.24) is 0 Å². The van der Waals surface area contributed by atoms with Crippen molar-refractivity contribution in [2.45, 2.75) is 6.42 Å². The third-order valence-corrected chi connectivity index (χ3v) is 3.52. The van der Waals surface area contributed by atoms with Crippen LogP contribution in [0.15, 0.2) is 52.9 Å². The van der Waals surface area contributed by atoms with Gasteiger partial charge in [-0.1, -0.05) is 35.3 Å². The number of hydrogen-bond donors (Lipinski definition) is 0. The summed E-state index contributed by atoms with van der Waals surface area (Å²) in [4.78, 5) is 12.2. The Morgan fingerprint density at radius 3 is 2.40 bits per heavy atom. The van der Waals surface area contributed by atoms with Gasteiger partial charge in [-0.25, -0.2) is 0 Å². The molecule has 1 heterocycles. The molecule has 3 rings (SSSR count). The van der Waals surface area contributed by atoms with Crippen molar-refractivity contribution in [3.05, 3.63) is 69.9 Å². The molecule has 0 fully saturated rings. The standard InChI is InChI=1S/C16H10Cl2O2/c17-12-3-1-10(2-4-12)7-14(19)16-9-11-8-13(18)5-6-15(11)20-16/h1-6,8-9H,7H2. The van der Waals surface area contributed by atoms with Gasteiger partial charge >= 0.3 is 0 Å². The zero-order chi connectivity index (χ0) is 14.1. The van der Waals surface area contributed by atoms with Crippen molar-refractivity contribution >= 4 is 40.0 Å². The van der Waals surface area contributed by atoms with Gasteiger partial charge in [0.15, 0.2) is 5.76 Å². The first-order valence-electron chi connectivity index (χ1n) is 6.08. The monoisotopic (exact) mass is 304 g/mol. The van der Waals surface area contributed by atoms with E-state index in [1.54, 1.807) is 36.4 Å². The van der Waals surface area contributed by atoms with Gasteiger partial charge in [0, 0.05) is 21.9 Å². The van der Waals surface area contributed by atoms with E-state index in [-0.39, 0.29) is 12.2 Å². The van der Waals surface area contributed by atoms with Crippen LogP contribution >= 0.6 is 23.2 Å². The van der Waals surface area contributed by atoms with E-state index in [4.69, 9.17) is 27.6 Å². The minimum absolute atomic E-state index is 0.0698. The van der Waals surface area contributed by atoms with Gasteiger partial charge in [-0.2, -0.15) is 0 Å². The number of fused-ring (bicyclic) bond motifs is 1. The van der Waals surface area contributed by atoms with Gasteiger partial charge in [-0.05, 0) is 42.0 Å². The van der Waals surface area contributed by atoms with Gasteiger partial charge in [0.2, 0.25) is 5.78 Å². The van der Waals surface area contributed by atoms with Gasteiger partial charge in [-0.3, -0.25) is 4.79 Å². The number of ketones is 1. The van der Waals surface area contributed by atoms with Crippen molar-refractivity contribution < 1.29 is 9.21 Å². The van der Waals surface area contributed by atoms with E-state index in [2.05, 4.69) is 0 Å². The van der Waals surface area contributed by atoms with Crippen LogP contribution in [-0.2, 0) is 6.42 Å². The van der Waals surface area contributed by atoms with Crippen LogP contribution in [0.1, 0.15) is 16.1 Å². The average Bonchev–Trinajstić information content (AvgIpc) is 2.84. The predicted octanol–water partition coefficient (Wildman–Crippen LogP) is 5.17. The average molecular weight is 305 g/mol. The summed E-state index contributed by atoms with van der Waals surface area (Å²) in [5.41, 5.74) is 1.56. The van der Waals surface area contributed by atoms with Gasteiger partial charge in [0.25, 0.3) is 0 Å². The molecule has 0 unspecified atom stereocenters. The van der Waals surface area contributed by atoms with Crippen molar-refractivity contribution in [2.24, 2.45) is 0 Å². The van der Waals surface area contributed by atoms with Crippen molar-refractivity contribution in [2.75, 3.05) is 0 Å². The maximum absolute atomic E-state index is 12.2. The van der Waals surface area contributed by atoms with Crippen molar-refractivity contribution in [3.8, 4) is 0 Å². The van der Waals surface area contributed by atoms with Crippen LogP contribution in [0.25, 0.3) is 11.0 Å². The normalized spacial score (nSPS) is 10.9. The fourth-order valence-electron chi connectivity index (χ4n) is 2.03. The van der Waals surface area contributed by atoms with E-state index in [1.807, 2.05) is 12.1 Å². The molecule has 0 aliphatic heterocycles. The second-order valence-electron chi connectivity index (χ2n) is 4.52. The van der Waals surface area contributed by atoms with Gasteiger partial charge < -0.3 is 4.42 Å². The number of carbonyl (C=O) groups excluding carboxylic acids is 1. The van der Waals surface area contributed by atoms with Gasteiger partial charge in [0.1, 0.15) is 5.58 Å². The van der Waals surface area contributed by atoms with Crippen LogP contribution in [0.5, 0.6) is 0 Å². The highest BCUT2D eigenvalue weighted by atomic mass is 35.5. The first-order chi connectivity index (χ1) is 9.61. The third-order valence-electron chi connectivity index (χ3n) is 3.03. The first kappa shape index (κ1) is 13.2. The lowest BCUT2D eigenvalue weighted by Gasteiger charge is -1.98. The van der Waals surface area contributed by atoms with E-state index in [0.717, 1.165) is 10.9 Å². The summed E-state index contributed by atoms with van der Waals surface area (Å²) in [5.74, 6) is 0.275. The van der Waals surface area contributed by atoms with E-state index in [9.17, 15) is 4.79 Å². The minimum Gasteiger partial charge on any atom is -0.453 e. The number of halogens is 2. The van der Waals surface area contributed by atoms with Crippen LogP contribution < -0.4 is 0 Å². The summed E-state index contributed by atoms with van der Waals surface area (Å²) >= 11 is 11.7. The summed E-state index contributed by atoms with van der Waals surface area (Å²) in [5, 5.41) is 2.10. The number of carbonyl (C=O) groups is 1. The molecule has 2 aromatic carbocycles. The van der Waals surface area contributed by atoms with Gasteiger partial charge in [0.05, 0.1) is 0 Å². The molecule has 0 aliphatic carbocycles. The zero-order valence-electron chi connectivity index (χ0n) is 10.4. The molecule has 2 nitrogen and oxygen atoms in total. The molecular formula is C16H10Cl2O2. The van der Waals surface area contributed by atoms with Crippen molar-refractivity contribution in [3.63, 3.8) is 0 Å². The molecule has 0 amide bonds. The highest BCUT2D eigenvalue weighted by Crippen LogP contribution is 2.24. The predicted molar refractivity (Wildman–Crippen MR) is 80.7 cm³/mol. The number of benzene rings is 2. The molecule has 20 heavy (non-hydrogen) atoms. The Morgan fingerprint density at radius 2 is 1.65 bits per heavy atom. The summed E-state index contributed by atoms with van der Waals surface area (Å²) < 4.78 is 5.55. The van der Waals surface area contributed by atoms with E-state index < -0.39 is 0 Å². The fourth-order valence-corrected chi connectivity index (χ4v) is 2.33. The summed E-state index contributed by atoms with van der Waals surface area (Å²) in [7, 11) is 0. The molecule has 0 radical (unpaired) electrons. The number of Topliss-reactive ketones (excluding diaryl/α,β-unsaturated/α-hetero) is 1. The highest BCUT2D eigenvalue weighted by molar-refractivity contribution is 6.31. The Morgan fingerprint density at radius 1 is 0.950 bits per heavy atom. The molecule has 100 valence electrons. The van der Waals surface area contributed by atoms with Crippen LogP contribution in [0.2, 0.25) is 10.0 Å². The quantitative estimate of drug-likeness (QED) is 0.625. The molecule has 4 heteroatoms. The second kappa shape index (κ2) is 5.31. The topological polar surface area (TPSA) is 30.2 Å². The lowest BCUT2D eigenvalue weighted by atomic mass is 10.1. The third kappa shape index (κ3) is 2.72. The Kier molecular flexibility index (Phi) is 3.51. The molecule has 0 aliphatic rings. The molecule has 0 saturated heterocycles. The van der Waals surface area contributed by atoms with E-state index in [0.29, 0.717) is 21.4 Å². The maximum Gasteiger partial charge on any atom is 0.202 e. The first-order valence-corrected chi connectivity index (χ1v) is 6.84. The Labute approximate surface area is 125 Å². The maximum atomic E-state index is 12.2. The number of rotatable bonds is 3. The summed E-state index contributed by atoms with van der Waals surface area (Å²) in [6.45, 7) is 0. The minimum atomic E-state index is -0.0698. The van der Waals surface area contributed by atoms with Crippen LogP contribution in [0.3, 0.4) is 0 Å². The molecular weight excluding hydrogens is 295 g/mol. The smallest absolute Gasteiger partial charge is 0.202 e. The summed E-state index contributed by atoms with van der Waals surface area (Å²) in [6, 6.07) is 14.2. The van der Waals surface area contributed by atoms with Crippen LogP contribution in [0, 0.1) is 0 Å². The molecule has 0 atom stereocenters. The molecule has 0 spiro atoms. The molecule has 0 N–H and O–H groups in total. The molecule has 0 saturated carbocycles. The zero-order valence-corrected chi connectivity index (χ0v) is 11.9. The summed E-state index contributed by atoms with van der Waals surface area (Å²) in [6.07, 6.45) is 0.282. The SMILES string of the molecule is O=C(Cc1ccc(Cl)cc1)c1cc2cc(Cl)ccc2o1. The Hall–Kier alpha value is -1.77. The number of hydrogen-bond acceptors (Lipinski definition) is 2. The number of furan rings is 1. The molecule has 1 aromatic heterocycles. The van der Waals surface area contributed by atoms with E-state index >= 15 is 0 Å². The fraction of sp³-hybridized carbons (Fsp3) is 0.0625. The second-order valence-corrected chi connectivity index (χ2v) is 5.39. The van der Waals surface area contributed by atoms with Crippen LogP contribution in [-0.4, -0.2) is 5.78 Å². The largest absolute Gasteiger partial charge is 0.453 e. The Bertz CT molecular complexity index is 773. The van der Waals surface area contributed by atoms with Gasteiger partial charge in [-0.15, -0.1) is 0 Å². The molecule has 0 bridgehead atoms. The lowest BCUT2D eigenvalue weighted by Crippen LogP contribution is -2.01. The highest BCUT2D eigenvalue weighted by Gasteiger charge is 2.13. The lowest BCUT2D eigenvalue weighted by molar-refractivity contribution is 0.0968. The van der Waals surface area contributed by atoms with Crippen LogP contribution in [0.4, 0.5) is 0 Å². The van der Waals surface area contributed by atoms with E-state index in [1.165, 1.54) is 0 Å². The molecule has 3 aromatic rings. The van der Waals surface area contributed by atoms with Crippen molar-refractivity contribution in [1.29, 1.82) is 0 Å². The Balaban J connectivity index is 1.86.